The number of hydrogen-bond donors (Lipinski definition) is 1. The van der Waals surface area contributed by atoms with Crippen LogP contribution in [-0.2, 0) is 0 Å². The Hall–Kier alpha value is -2.92. The Bertz CT molecular complexity index is 1080. The molecule has 5 rings (SSSR count). The second-order valence-corrected chi connectivity index (χ2v) is 5.63. The summed E-state index contributed by atoms with van der Waals surface area (Å²) in [6.07, 6.45) is 0.827. The molecular weight excluding hydrogens is 290 g/mol. The Morgan fingerprint density at radius 1 is 1.13 bits per heavy atom. The van der Waals surface area contributed by atoms with Crippen LogP contribution >= 0.6 is 0 Å². The van der Waals surface area contributed by atoms with Crippen LogP contribution in [0.5, 0.6) is 5.75 Å². The SMILES string of the molecule is COc1ccc2c(c1)c1ncnc3c1n2C(O)c1ccccc1-3. The van der Waals surface area contributed by atoms with Crippen molar-refractivity contribution in [2.24, 2.45) is 0 Å². The number of benzene rings is 2. The minimum Gasteiger partial charge on any atom is -0.497 e. The van der Waals surface area contributed by atoms with E-state index >= 15 is 0 Å². The summed E-state index contributed by atoms with van der Waals surface area (Å²) in [6, 6.07) is 13.6. The van der Waals surface area contributed by atoms with Crippen LogP contribution in [0.25, 0.3) is 33.2 Å². The first-order valence-electron chi connectivity index (χ1n) is 7.39. The van der Waals surface area contributed by atoms with Gasteiger partial charge in [0.15, 0.2) is 6.23 Å². The normalized spacial score (nSPS) is 15.8. The number of aliphatic hydroxyl groups excluding tert-OH is 1. The zero-order valence-corrected chi connectivity index (χ0v) is 12.4. The molecule has 4 aromatic rings. The van der Waals surface area contributed by atoms with Gasteiger partial charge in [-0.3, -0.25) is 0 Å². The fourth-order valence-electron chi connectivity index (χ4n) is 3.49. The van der Waals surface area contributed by atoms with Gasteiger partial charge in [-0.15, -0.1) is 0 Å². The van der Waals surface area contributed by atoms with E-state index in [0.717, 1.165) is 44.5 Å². The monoisotopic (exact) mass is 303 g/mol. The minimum atomic E-state index is -0.752. The third-order valence-corrected chi connectivity index (χ3v) is 4.52. The Morgan fingerprint density at radius 3 is 2.87 bits per heavy atom. The summed E-state index contributed by atoms with van der Waals surface area (Å²) in [4.78, 5) is 8.93. The molecule has 23 heavy (non-hydrogen) atoms. The van der Waals surface area contributed by atoms with Crippen LogP contribution in [0, 0.1) is 0 Å². The van der Waals surface area contributed by atoms with Crippen molar-refractivity contribution in [1.82, 2.24) is 14.5 Å². The molecule has 0 aliphatic carbocycles. The van der Waals surface area contributed by atoms with E-state index in [1.54, 1.807) is 13.4 Å². The number of hydrogen-bond acceptors (Lipinski definition) is 4. The van der Waals surface area contributed by atoms with Crippen molar-refractivity contribution in [3.05, 3.63) is 54.4 Å². The van der Waals surface area contributed by atoms with Gasteiger partial charge in [0.25, 0.3) is 0 Å². The number of nitrogens with zero attached hydrogens (tertiary/aromatic N) is 3. The third-order valence-electron chi connectivity index (χ3n) is 4.52. The van der Waals surface area contributed by atoms with E-state index in [9.17, 15) is 5.11 Å². The van der Waals surface area contributed by atoms with Gasteiger partial charge in [0.2, 0.25) is 0 Å². The molecule has 0 fully saturated rings. The first kappa shape index (κ1) is 12.6. The van der Waals surface area contributed by atoms with E-state index in [0.29, 0.717) is 0 Å². The summed E-state index contributed by atoms with van der Waals surface area (Å²) in [7, 11) is 1.64. The van der Waals surface area contributed by atoms with E-state index in [2.05, 4.69) is 9.97 Å². The number of rotatable bonds is 1. The van der Waals surface area contributed by atoms with Crippen LogP contribution < -0.4 is 4.74 Å². The Labute approximate surface area is 131 Å². The number of fused-ring (bicyclic) bond motifs is 5. The molecule has 1 atom stereocenters. The highest BCUT2D eigenvalue weighted by Crippen LogP contribution is 2.43. The van der Waals surface area contributed by atoms with Crippen molar-refractivity contribution in [3.63, 3.8) is 0 Å². The molecule has 0 amide bonds. The predicted molar refractivity (Wildman–Crippen MR) is 87.4 cm³/mol. The van der Waals surface area contributed by atoms with Gasteiger partial charge in [-0.1, -0.05) is 24.3 Å². The largest absolute Gasteiger partial charge is 0.497 e. The topological polar surface area (TPSA) is 60.2 Å². The van der Waals surface area contributed by atoms with Gasteiger partial charge in [0.1, 0.15) is 17.6 Å². The summed E-state index contributed by atoms with van der Waals surface area (Å²) in [5, 5.41) is 11.9. The molecule has 112 valence electrons. The summed E-state index contributed by atoms with van der Waals surface area (Å²) >= 11 is 0. The molecule has 0 saturated heterocycles. The Morgan fingerprint density at radius 2 is 2.00 bits per heavy atom. The molecular formula is C18H13N3O2. The molecule has 1 aliphatic rings. The first-order valence-corrected chi connectivity index (χ1v) is 7.39. The number of methoxy groups -OCH3 is 1. The average Bonchev–Trinajstić information content (AvgIpc) is 2.94. The van der Waals surface area contributed by atoms with Gasteiger partial charge in [-0.25, -0.2) is 9.97 Å². The third kappa shape index (κ3) is 1.49. The van der Waals surface area contributed by atoms with Crippen molar-refractivity contribution in [3.8, 4) is 17.0 Å². The van der Waals surface area contributed by atoms with Gasteiger partial charge in [-0.05, 0) is 18.2 Å². The number of ether oxygens (including phenoxy) is 1. The molecule has 0 bridgehead atoms. The minimum absolute atomic E-state index is 0.752. The second kappa shape index (κ2) is 4.30. The molecule has 1 unspecified atom stereocenters. The van der Waals surface area contributed by atoms with E-state index in [1.807, 2.05) is 47.0 Å². The van der Waals surface area contributed by atoms with Crippen LogP contribution in [-0.4, -0.2) is 26.8 Å². The van der Waals surface area contributed by atoms with Crippen molar-refractivity contribution in [2.75, 3.05) is 7.11 Å². The highest BCUT2D eigenvalue weighted by molar-refractivity contribution is 6.11. The average molecular weight is 303 g/mol. The van der Waals surface area contributed by atoms with Gasteiger partial charge < -0.3 is 14.4 Å². The van der Waals surface area contributed by atoms with E-state index in [-0.39, 0.29) is 0 Å². The summed E-state index contributed by atoms with van der Waals surface area (Å²) < 4.78 is 7.24. The lowest BCUT2D eigenvalue weighted by atomic mass is 9.99. The molecule has 1 aliphatic heterocycles. The molecule has 2 aromatic carbocycles. The zero-order valence-electron chi connectivity index (χ0n) is 12.4. The first-order chi connectivity index (χ1) is 11.3. The molecule has 1 N–H and O–H groups in total. The van der Waals surface area contributed by atoms with E-state index in [4.69, 9.17) is 4.74 Å². The number of aromatic nitrogens is 3. The van der Waals surface area contributed by atoms with Gasteiger partial charge >= 0.3 is 0 Å². The van der Waals surface area contributed by atoms with Gasteiger partial charge in [-0.2, -0.15) is 0 Å². The molecule has 0 spiro atoms. The molecule has 0 saturated carbocycles. The zero-order chi connectivity index (χ0) is 15.6. The van der Waals surface area contributed by atoms with Gasteiger partial charge in [0.05, 0.1) is 23.8 Å². The fourth-order valence-corrected chi connectivity index (χ4v) is 3.49. The maximum absolute atomic E-state index is 10.9. The Balaban J connectivity index is 2.02. The standard InChI is InChI=1S/C18H13N3O2/c1-23-10-6-7-14-13(8-10)16-17-15(19-9-20-16)11-4-2-3-5-12(11)18(22)21(14)17/h2-9,18,22H,1H3. The molecule has 0 radical (unpaired) electrons. The quantitative estimate of drug-likeness (QED) is 0.587. The van der Waals surface area contributed by atoms with E-state index < -0.39 is 6.23 Å². The smallest absolute Gasteiger partial charge is 0.158 e. The summed E-state index contributed by atoms with van der Waals surface area (Å²) in [5.74, 6) is 0.767. The molecule has 3 heterocycles. The highest BCUT2D eigenvalue weighted by Gasteiger charge is 2.29. The molecule has 5 heteroatoms. The second-order valence-electron chi connectivity index (χ2n) is 5.63. The Kier molecular flexibility index (Phi) is 2.36. The lowest BCUT2D eigenvalue weighted by Gasteiger charge is -2.24. The predicted octanol–water partition coefficient (Wildman–Crippen LogP) is 3.11. The number of aliphatic hydroxyl groups is 1. The van der Waals surface area contributed by atoms with Crippen molar-refractivity contribution >= 4 is 21.9 Å². The van der Waals surface area contributed by atoms with Crippen molar-refractivity contribution in [1.29, 1.82) is 0 Å². The van der Waals surface area contributed by atoms with E-state index in [1.165, 1.54) is 0 Å². The highest BCUT2D eigenvalue weighted by atomic mass is 16.5. The fraction of sp³-hybridized carbons (Fsp3) is 0.111. The lowest BCUT2D eigenvalue weighted by molar-refractivity contribution is 0.154. The van der Waals surface area contributed by atoms with Crippen LogP contribution in [0.15, 0.2) is 48.8 Å². The molecule has 2 aromatic heterocycles. The van der Waals surface area contributed by atoms with Crippen molar-refractivity contribution in [2.45, 2.75) is 6.23 Å². The molecule has 5 nitrogen and oxygen atoms in total. The maximum Gasteiger partial charge on any atom is 0.158 e. The van der Waals surface area contributed by atoms with Crippen LogP contribution in [0.1, 0.15) is 11.8 Å². The summed E-state index contributed by atoms with van der Waals surface area (Å²) in [5.41, 5.74) is 5.28. The van der Waals surface area contributed by atoms with Gasteiger partial charge in [0, 0.05) is 16.5 Å². The van der Waals surface area contributed by atoms with Crippen molar-refractivity contribution < 1.29 is 9.84 Å². The van der Waals surface area contributed by atoms with Crippen LogP contribution in [0.4, 0.5) is 0 Å². The van der Waals surface area contributed by atoms with Crippen LogP contribution in [0.2, 0.25) is 0 Å². The summed E-state index contributed by atoms with van der Waals surface area (Å²) in [6.45, 7) is 0. The van der Waals surface area contributed by atoms with Crippen LogP contribution in [0.3, 0.4) is 0 Å². The maximum atomic E-state index is 10.9. The lowest BCUT2D eigenvalue weighted by Crippen LogP contribution is -2.15.